The average Bonchev–Trinajstić information content (AvgIpc) is 2.34. The Bertz CT molecular complexity index is 290. The standard InChI is InChI=1S/C14H28N2O2/c1-11(2)10-16-12(6-9-17)13(18)15(5)8-7-14(16,3)4/h11-12,17H,6-10H2,1-5H3. The largest absolute Gasteiger partial charge is 0.396 e. The van der Waals surface area contributed by atoms with Crippen molar-refractivity contribution in [2.45, 2.75) is 52.1 Å². The molecule has 18 heavy (non-hydrogen) atoms. The first-order valence-corrected chi connectivity index (χ1v) is 6.92. The van der Waals surface area contributed by atoms with Crippen LogP contribution in [0.4, 0.5) is 0 Å². The third kappa shape index (κ3) is 3.45. The van der Waals surface area contributed by atoms with E-state index in [1.165, 1.54) is 0 Å². The summed E-state index contributed by atoms with van der Waals surface area (Å²) in [5.74, 6) is 0.664. The van der Waals surface area contributed by atoms with Crippen LogP contribution in [0.3, 0.4) is 0 Å². The Hall–Kier alpha value is -0.610. The smallest absolute Gasteiger partial charge is 0.239 e. The van der Waals surface area contributed by atoms with Crippen LogP contribution in [0.1, 0.15) is 40.5 Å². The molecule has 0 radical (unpaired) electrons. The van der Waals surface area contributed by atoms with Crippen LogP contribution < -0.4 is 0 Å². The first-order valence-electron chi connectivity index (χ1n) is 6.92. The van der Waals surface area contributed by atoms with E-state index in [-0.39, 0.29) is 24.1 Å². The van der Waals surface area contributed by atoms with E-state index in [9.17, 15) is 9.90 Å². The van der Waals surface area contributed by atoms with E-state index in [4.69, 9.17) is 0 Å². The fraction of sp³-hybridized carbons (Fsp3) is 0.929. The number of rotatable bonds is 4. The predicted octanol–water partition coefficient (Wildman–Crippen LogP) is 1.34. The van der Waals surface area contributed by atoms with Crippen molar-refractivity contribution < 1.29 is 9.90 Å². The number of likely N-dealkylation sites (N-methyl/N-ethyl adjacent to an activating group) is 1. The molecule has 0 saturated carbocycles. The zero-order chi connectivity index (χ0) is 13.9. The van der Waals surface area contributed by atoms with Gasteiger partial charge < -0.3 is 10.0 Å². The minimum Gasteiger partial charge on any atom is -0.396 e. The SMILES string of the molecule is CC(C)CN1C(CCO)C(=O)N(C)CCC1(C)C. The van der Waals surface area contributed by atoms with Gasteiger partial charge in [0.25, 0.3) is 0 Å². The maximum Gasteiger partial charge on any atom is 0.239 e. The molecule has 4 nitrogen and oxygen atoms in total. The van der Waals surface area contributed by atoms with Crippen LogP contribution in [0.25, 0.3) is 0 Å². The van der Waals surface area contributed by atoms with E-state index in [1.807, 2.05) is 11.9 Å². The molecule has 0 aromatic rings. The minimum atomic E-state index is -0.181. The number of nitrogens with zero attached hydrogens (tertiary/aromatic N) is 2. The molecule has 1 N–H and O–H groups in total. The lowest BCUT2D eigenvalue weighted by Gasteiger charge is -2.42. The molecule has 1 amide bonds. The summed E-state index contributed by atoms with van der Waals surface area (Å²) in [6, 6.07) is -0.181. The molecule has 0 aliphatic carbocycles. The summed E-state index contributed by atoms with van der Waals surface area (Å²) in [6.07, 6.45) is 1.50. The number of aliphatic hydroxyl groups is 1. The summed E-state index contributed by atoms with van der Waals surface area (Å²) in [4.78, 5) is 16.5. The van der Waals surface area contributed by atoms with Crippen LogP contribution in [0.15, 0.2) is 0 Å². The summed E-state index contributed by atoms with van der Waals surface area (Å²) < 4.78 is 0. The fourth-order valence-corrected chi connectivity index (χ4v) is 2.67. The molecular weight excluding hydrogens is 228 g/mol. The summed E-state index contributed by atoms with van der Waals surface area (Å²) in [7, 11) is 1.86. The van der Waals surface area contributed by atoms with Gasteiger partial charge in [-0.1, -0.05) is 13.8 Å². The van der Waals surface area contributed by atoms with Gasteiger partial charge in [0.1, 0.15) is 0 Å². The van der Waals surface area contributed by atoms with E-state index in [2.05, 4.69) is 32.6 Å². The van der Waals surface area contributed by atoms with Gasteiger partial charge in [0.2, 0.25) is 5.91 Å². The van der Waals surface area contributed by atoms with Gasteiger partial charge in [-0.3, -0.25) is 9.69 Å². The Labute approximate surface area is 111 Å². The van der Waals surface area contributed by atoms with Gasteiger partial charge in [-0.25, -0.2) is 0 Å². The zero-order valence-corrected chi connectivity index (χ0v) is 12.4. The highest BCUT2D eigenvalue weighted by Crippen LogP contribution is 2.28. The second kappa shape index (κ2) is 6.02. The van der Waals surface area contributed by atoms with Crippen LogP contribution in [0.2, 0.25) is 0 Å². The van der Waals surface area contributed by atoms with Crippen LogP contribution in [0, 0.1) is 5.92 Å². The average molecular weight is 256 g/mol. The van der Waals surface area contributed by atoms with Crippen LogP contribution in [0.5, 0.6) is 0 Å². The molecule has 1 fully saturated rings. The van der Waals surface area contributed by atoms with Crippen molar-refractivity contribution in [2.75, 3.05) is 26.7 Å². The van der Waals surface area contributed by atoms with Crippen molar-refractivity contribution in [3.05, 3.63) is 0 Å². The number of hydrogen-bond acceptors (Lipinski definition) is 3. The van der Waals surface area contributed by atoms with Gasteiger partial charge in [-0.2, -0.15) is 0 Å². The summed E-state index contributed by atoms with van der Waals surface area (Å²) in [6.45, 7) is 10.5. The number of carbonyl (C=O) groups is 1. The predicted molar refractivity (Wildman–Crippen MR) is 73.4 cm³/mol. The van der Waals surface area contributed by atoms with Crippen molar-refractivity contribution in [3.63, 3.8) is 0 Å². The van der Waals surface area contributed by atoms with Gasteiger partial charge in [0, 0.05) is 32.3 Å². The molecule has 1 saturated heterocycles. The van der Waals surface area contributed by atoms with Gasteiger partial charge in [0.15, 0.2) is 0 Å². The lowest BCUT2D eigenvalue weighted by molar-refractivity contribution is -0.136. The highest BCUT2D eigenvalue weighted by atomic mass is 16.3. The third-order valence-corrected chi connectivity index (χ3v) is 3.84. The normalized spacial score (nSPS) is 25.6. The Kier molecular flexibility index (Phi) is 5.17. The van der Waals surface area contributed by atoms with Crippen LogP contribution in [-0.4, -0.2) is 59.1 Å². The van der Waals surface area contributed by atoms with Gasteiger partial charge in [-0.15, -0.1) is 0 Å². The van der Waals surface area contributed by atoms with Crippen molar-refractivity contribution in [1.29, 1.82) is 0 Å². The Balaban J connectivity index is 3.02. The maximum absolute atomic E-state index is 12.4. The summed E-state index contributed by atoms with van der Waals surface area (Å²) in [5.41, 5.74) is 0.00449. The maximum atomic E-state index is 12.4. The molecule has 106 valence electrons. The molecular formula is C14H28N2O2. The third-order valence-electron chi connectivity index (χ3n) is 3.84. The molecule has 0 aromatic carbocycles. The van der Waals surface area contributed by atoms with E-state index >= 15 is 0 Å². The zero-order valence-electron chi connectivity index (χ0n) is 12.4. The van der Waals surface area contributed by atoms with E-state index in [1.54, 1.807) is 0 Å². The molecule has 1 atom stereocenters. The number of aliphatic hydroxyl groups excluding tert-OH is 1. The van der Waals surface area contributed by atoms with Crippen molar-refractivity contribution in [1.82, 2.24) is 9.80 Å². The fourth-order valence-electron chi connectivity index (χ4n) is 2.67. The number of amides is 1. The monoisotopic (exact) mass is 256 g/mol. The molecule has 0 spiro atoms. The van der Waals surface area contributed by atoms with Crippen LogP contribution in [-0.2, 0) is 4.79 Å². The van der Waals surface area contributed by atoms with Crippen molar-refractivity contribution in [2.24, 2.45) is 5.92 Å². The van der Waals surface area contributed by atoms with Gasteiger partial charge >= 0.3 is 0 Å². The first kappa shape index (κ1) is 15.4. The highest BCUT2D eigenvalue weighted by molar-refractivity contribution is 5.82. The summed E-state index contributed by atoms with van der Waals surface area (Å²) >= 11 is 0. The molecule has 1 aliphatic heterocycles. The summed E-state index contributed by atoms with van der Waals surface area (Å²) in [5, 5.41) is 9.24. The lowest BCUT2D eigenvalue weighted by Crippen LogP contribution is -2.54. The molecule has 4 heteroatoms. The van der Waals surface area contributed by atoms with Crippen molar-refractivity contribution in [3.8, 4) is 0 Å². The Morgan fingerprint density at radius 3 is 2.56 bits per heavy atom. The molecule has 0 aromatic heterocycles. The second-order valence-corrected chi connectivity index (χ2v) is 6.40. The van der Waals surface area contributed by atoms with Gasteiger partial charge in [-0.05, 0) is 32.6 Å². The molecule has 1 heterocycles. The quantitative estimate of drug-likeness (QED) is 0.825. The second-order valence-electron chi connectivity index (χ2n) is 6.40. The minimum absolute atomic E-state index is 0.00449. The van der Waals surface area contributed by atoms with E-state index in [0.717, 1.165) is 19.5 Å². The molecule has 1 rings (SSSR count). The number of carbonyl (C=O) groups excluding carboxylic acids is 1. The van der Waals surface area contributed by atoms with E-state index in [0.29, 0.717) is 12.3 Å². The van der Waals surface area contributed by atoms with Gasteiger partial charge in [0.05, 0.1) is 6.04 Å². The highest BCUT2D eigenvalue weighted by Gasteiger charge is 2.40. The molecule has 1 unspecified atom stereocenters. The number of hydrogen-bond donors (Lipinski definition) is 1. The lowest BCUT2D eigenvalue weighted by atomic mass is 9.94. The molecule has 0 bridgehead atoms. The van der Waals surface area contributed by atoms with E-state index < -0.39 is 0 Å². The Morgan fingerprint density at radius 2 is 2.06 bits per heavy atom. The molecule has 1 aliphatic rings. The van der Waals surface area contributed by atoms with Crippen molar-refractivity contribution >= 4 is 5.91 Å². The van der Waals surface area contributed by atoms with Crippen LogP contribution >= 0.6 is 0 Å². The first-order chi connectivity index (χ1) is 8.29. The topological polar surface area (TPSA) is 43.8 Å². The Morgan fingerprint density at radius 1 is 1.44 bits per heavy atom.